The summed E-state index contributed by atoms with van der Waals surface area (Å²) < 4.78 is 15.3. The molecule has 1 rings (SSSR count). The van der Waals surface area contributed by atoms with Crippen LogP contribution in [0.4, 0.5) is 0 Å². The van der Waals surface area contributed by atoms with Crippen LogP contribution in [0, 0.1) is 0 Å². The highest BCUT2D eigenvalue weighted by Gasteiger charge is 2.05. The minimum atomic E-state index is -0.315. The summed E-state index contributed by atoms with van der Waals surface area (Å²) in [5.74, 6) is 0.857. The number of aliphatic hydroxyl groups excluding tert-OH is 1. The van der Waals surface area contributed by atoms with Crippen LogP contribution in [0.2, 0.25) is 0 Å². The summed E-state index contributed by atoms with van der Waals surface area (Å²) in [6.45, 7) is 1.76. The molecule has 1 aromatic carbocycles. The molecule has 0 aliphatic carbocycles. The topological polar surface area (TPSA) is 47.9 Å². The van der Waals surface area contributed by atoms with E-state index in [-0.39, 0.29) is 6.10 Å². The average Bonchev–Trinajstić information content (AvgIpc) is 2.45. The summed E-state index contributed by atoms with van der Waals surface area (Å²) in [6.07, 6.45) is 1.97. The highest BCUT2D eigenvalue weighted by molar-refractivity contribution is 5.27. The quantitative estimate of drug-likeness (QED) is 0.660. The molecule has 0 bridgehead atoms. The molecule has 0 aliphatic rings. The standard InChI is InChI=1S/C15H24O4/c1-17-11-12-19-10-9-14(16)6-3-13-4-7-15(18-2)8-5-13/h4-5,7-8,14,16H,3,6,9-12H2,1-2H3. The molecule has 0 saturated carbocycles. The van der Waals surface area contributed by atoms with Gasteiger partial charge in [-0.2, -0.15) is 0 Å². The van der Waals surface area contributed by atoms with Gasteiger partial charge in [0.05, 0.1) is 26.4 Å². The average molecular weight is 268 g/mol. The van der Waals surface area contributed by atoms with E-state index in [1.165, 1.54) is 5.56 Å². The van der Waals surface area contributed by atoms with Gasteiger partial charge in [-0.1, -0.05) is 12.1 Å². The van der Waals surface area contributed by atoms with Crippen LogP contribution in [0.25, 0.3) is 0 Å². The van der Waals surface area contributed by atoms with E-state index in [4.69, 9.17) is 14.2 Å². The minimum absolute atomic E-state index is 0.315. The fourth-order valence-corrected chi connectivity index (χ4v) is 1.73. The molecule has 0 spiro atoms. The van der Waals surface area contributed by atoms with Crippen molar-refractivity contribution in [3.05, 3.63) is 29.8 Å². The molecule has 0 aromatic heterocycles. The second-order valence-corrected chi connectivity index (χ2v) is 4.43. The molecule has 1 atom stereocenters. The SMILES string of the molecule is COCCOCCC(O)CCc1ccc(OC)cc1. The third-order valence-electron chi connectivity index (χ3n) is 2.95. The summed E-state index contributed by atoms with van der Waals surface area (Å²) in [7, 11) is 3.30. The van der Waals surface area contributed by atoms with E-state index >= 15 is 0 Å². The van der Waals surface area contributed by atoms with Crippen LogP contribution in [-0.2, 0) is 15.9 Å². The van der Waals surface area contributed by atoms with Crippen LogP contribution < -0.4 is 4.74 Å². The van der Waals surface area contributed by atoms with Crippen molar-refractivity contribution in [2.75, 3.05) is 34.0 Å². The Balaban J connectivity index is 2.13. The number of hydrogen-bond donors (Lipinski definition) is 1. The van der Waals surface area contributed by atoms with Gasteiger partial charge in [0.1, 0.15) is 5.75 Å². The summed E-state index contributed by atoms with van der Waals surface area (Å²) >= 11 is 0. The molecule has 4 nitrogen and oxygen atoms in total. The molecule has 0 radical (unpaired) electrons. The van der Waals surface area contributed by atoms with E-state index in [0.29, 0.717) is 26.2 Å². The Labute approximate surface area is 115 Å². The molecular formula is C15H24O4. The van der Waals surface area contributed by atoms with Crippen LogP contribution in [-0.4, -0.2) is 45.3 Å². The number of methoxy groups -OCH3 is 2. The van der Waals surface area contributed by atoms with Gasteiger partial charge in [-0.25, -0.2) is 0 Å². The van der Waals surface area contributed by atoms with Gasteiger partial charge in [0.15, 0.2) is 0 Å². The molecule has 1 unspecified atom stereocenters. The van der Waals surface area contributed by atoms with Crippen molar-refractivity contribution in [1.29, 1.82) is 0 Å². The summed E-state index contributed by atoms with van der Waals surface area (Å²) in [6, 6.07) is 7.94. The maximum absolute atomic E-state index is 9.83. The number of ether oxygens (including phenoxy) is 3. The fraction of sp³-hybridized carbons (Fsp3) is 0.600. The van der Waals surface area contributed by atoms with Gasteiger partial charge in [0.25, 0.3) is 0 Å². The van der Waals surface area contributed by atoms with Gasteiger partial charge >= 0.3 is 0 Å². The Kier molecular flexibility index (Phi) is 8.21. The lowest BCUT2D eigenvalue weighted by atomic mass is 10.1. The molecule has 0 aliphatic heterocycles. The first-order valence-electron chi connectivity index (χ1n) is 6.64. The third-order valence-corrected chi connectivity index (χ3v) is 2.95. The van der Waals surface area contributed by atoms with Crippen LogP contribution in [0.1, 0.15) is 18.4 Å². The lowest BCUT2D eigenvalue weighted by molar-refractivity contribution is 0.0461. The number of benzene rings is 1. The first-order valence-corrected chi connectivity index (χ1v) is 6.64. The Morgan fingerprint density at radius 1 is 1.00 bits per heavy atom. The molecule has 1 N–H and O–H groups in total. The zero-order valence-electron chi connectivity index (χ0n) is 11.8. The normalized spacial score (nSPS) is 12.4. The Morgan fingerprint density at radius 3 is 2.37 bits per heavy atom. The van der Waals surface area contributed by atoms with Gasteiger partial charge in [0.2, 0.25) is 0 Å². The maximum Gasteiger partial charge on any atom is 0.118 e. The zero-order chi connectivity index (χ0) is 13.9. The van der Waals surface area contributed by atoms with Gasteiger partial charge in [-0.15, -0.1) is 0 Å². The van der Waals surface area contributed by atoms with Crippen molar-refractivity contribution in [2.45, 2.75) is 25.4 Å². The highest BCUT2D eigenvalue weighted by atomic mass is 16.5. The zero-order valence-corrected chi connectivity index (χ0v) is 11.8. The molecule has 19 heavy (non-hydrogen) atoms. The van der Waals surface area contributed by atoms with Gasteiger partial charge in [-0.3, -0.25) is 0 Å². The van der Waals surface area contributed by atoms with Crippen molar-refractivity contribution < 1.29 is 19.3 Å². The number of hydrogen-bond acceptors (Lipinski definition) is 4. The minimum Gasteiger partial charge on any atom is -0.497 e. The molecular weight excluding hydrogens is 244 g/mol. The Bertz CT molecular complexity index is 323. The molecule has 0 saturated heterocycles. The second kappa shape index (κ2) is 9.78. The van der Waals surface area contributed by atoms with Gasteiger partial charge in [0, 0.05) is 13.7 Å². The van der Waals surface area contributed by atoms with Crippen LogP contribution in [0.15, 0.2) is 24.3 Å². The summed E-state index contributed by atoms with van der Waals surface area (Å²) in [4.78, 5) is 0. The predicted octanol–water partition coefficient (Wildman–Crippen LogP) is 2.04. The first kappa shape index (κ1) is 16.0. The predicted molar refractivity (Wildman–Crippen MR) is 74.6 cm³/mol. The third kappa shape index (κ3) is 7.15. The lowest BCUT2D eigenvalue weighted by Crippen LogP contribution is -2.13. The highest BCUT2D eigenvalue weighted by Crippen LogP contribution is 2.13. The molecule has 108 valence electrons. The Hall–Kier alpha value is -1.10. The van der Waals surface area contributed by atoms with Crippen LogP contribution >= 0.6 is 0 Å². The summed E-state index contributed by atoms with van der Waals surface area (Å²) in [5.41, 5.74) is 1.21. The molecule has 0 heterocycles. The number of aliphatic hydroxyl groups is 1. The maximum atomic E-state index is 9.83. The van der Waals surface area contributed by atoms with Crippen molar-refractivity contribution in [3.63, 3.8) is 0 Å². The van der Waals surface area contributed by atoms with E-state index in [2.05, 4.69) is 0 Å². The van der Waals surface area contributed by atoms with Crippen molar-refractivity contribution in [1.82, 2.24) is 0 Å². The number of rotatable bonds is 10. The Morgan fingerprint density at radius 2 is 1.74 bits per heavy atom. The fourth-order valence-electron chi connectivity index (χ4n) is 1.73. The monoisotopic (exact) mass is 268 g/mol. The molecule has 1 aromatic rings. The van der Waals surface area contributed by atoms with Gasteiger partial charge < -0.3 is 19.3 Å². The van der Waals surface area contributed by atoms with Crippen LogP contribution in [0.5, 0.6) is 5.75 Å². The molecule has 0 amide bonds. The lowest BCUT2D eigenvalue weighted by Gasteiger charge is -2.11. The van der Waals surface area contributed by atoms with Crippen molar-refractivity contribution in [2.24, 2.45) is 0 Å². The first-order chi connectivity index (χ1) is 9.26. The number of aryl methyl sites for hydroxylation is 1. The van der Waals surface area contributed by atoms with Crippen molar-refractivity contribution >= 4 is 0 Å². The van der Waals surface area contributed by atoms with E-state index in [1.54, 1.807) is 14.2 Å². The smallest absolute Gasteiger partial charge is 0.118 e. The second-order valence-electron chi connectivity index (χ2n) is 4.43. The van der Waals surface area contributed by atoms with Crippen LogP contribution in [0.3, 0.4) is 0 Å². The largest absolute Gasteiger partial charge is 0.497 e. The summed E-state index contributed by atoms with van der Waals surface area (Å²) in [5, 5.41) is 9.83. The van der Waals surface area contributed by atoms with Crippen molar-refractivity contribution in [3.8, 4) is 5.75 Å². The van der Waals surface area contributed by atoms with E-state index in [1.807, 2.05) is 24.3 Å². The molecule has 0 fully saturated rings. The van der Waals surface area contributed by atoms with E-state index in [0.717, 1.165) is 18.6 Å². The molecule has 4 heteroatoms. The van der Waals surface area contributed by atoms with E-state index < -0.39 is 0 Å². The van der Waals surface area contributed by atoms with Gasteiger partial charge in [-0.05, 0) is 37.0 Å². The van der Waals surface area contributed by atoms with E-state index in [9.17, 15) is 5.11 Å².